The van der Waals surface area contributed by atoms with E-state index in [1.807, 2.05) is 0 Å². The number of nitrogens with two attached hydrogens (primary N) is 1. The van der Waals surface area contributed by atoms with Gasteiger partial charge in [-0.1, -0.05) is 0 Å². The van der Waals surface area contributed by atoms with Gasteiger partial charge in [0.15, 0.2) is 5.82 Å². The van der Waals surface area contributed by atoms with Crippen molar-refractivity contribution >= 4 is 22.6 Å². The molecule has 1 atom stereocenters. The van der Waals surface area contributed by atoms with Crippen LogP contribution in [0.2, 0.25) is 0 Å². The molecule has 0 bridgehead atoms. The van der Waals surface area contributed by atoms with Crippen molar-refractivity contribution in [1.82, 2.24) is 4.57 Å². The molecule has 1 aromatic heterocycles. The summed E-state index contributed by atoms with van der Waals surface area (Å²) in [5.41, 5.74) is 3.76. The number of fused-ring (bicyclic) bond motifs is 1. The van der Waals surface area contributed by atoms with Gasteiger partial charge in [-0.05, 0) is 13.0 Å². The Morgan fingerprint density at radius 3 is 2.81 bits per heavy atom. The van der Waals surface area contributed by atoms with Crippen molar-refractivity contribution in [3.63, 3.8) is 0 Å². The van der Waals surface area contributed by atoms with E-state index in [0.29, 0.717) is 0 Å². The Balaban J connectivity index is 2.26. The predicted molar refractivity (Wildman–Crippen MR) is 91.8 cm³/mol. The summed E-state index contributed by atoms with van der Waals surface area (Å²) in [6, 6.07) is 0.904. The minimum absolute atomic E-state index is 0.116. The number of aromatic nitrogens is 1. The van der Waals surface area contributed by atoms with Crippen LogP contribution in [-0.2, 0) is 11.3 Å². The number of pyridine rings is 1. The van der Waals surface area contributed by atoms with Crippen molar-refractivity contribution in [1.29, 1.82) is 0 Å². The fraction of sp³-hybridized carbons (Fsp3) is 0.412. The Bertz CT molecular complexity index is 929. The summed E-state index contributed by atoms with van der Waals surface area (Å²) < 4.78 is 36.7. The Labute approximate surface area is 147 Å². The van der Waals surface area contributed by atoms with Gasteiger partial charge < -0.3 is 25.0 Å². The number of rotatable bonds is 4. The molecule has 1 aromatic carbocycles. The minimum atomic E-state index is -1.44. The van der Waals surface area contributed by atoms with Gasteiger partial charge in [0, 0.05) is 32.4 Å². The second-order valence-corrected chi connectivity index (χ2v) is 6.05. The number of benzene rings is 1. The first-order valence-electron chi connectivity index (χ1n) is 8.24. The average molecular weight is 367 g/mol. The monoisotopic (exact) mass is 367 g/mol. The molecule has 1 aliphatic heterocycles. The van der Waals surface area contributed by atoms with Gasteiger partial charge in [0.1, 0.15) is 17.1 Å². The van der Waals surface area contributed by atoms with Crippen LogP contribution in [0, 0.1) is 11.6 Å². The Hall–Kier alpha value is -2.52. The van der Waals surface area contributed by atoms with Crippen molar-refractivity contribution < 1.29 is 23.4 Å². The minimum Gasteiger partial charge on any atom is -0.477 e. The zero-order chi connectivity index (χ0) is 19.0. The molecule has 2 aromatic rings. The predicted octanol–water partition coefficient (Wildman–Crippen LogP) is 1.16. The summed E-state index contributed by atoms with van der Waals surface area (Å²) in [6.07, 6.45) is 0.737. The largest absolute Gasteiger partial charge is 0.477 e. The van der Waals surface area contributed by atoms with E-state index in [1.165, 1.54) is 9.47 Å². The normalized spacial score (nSPS) is 17.7. The summed E-state index contributed by atoms with van der Waals surface area (Å²) in [6.45, 7) is 2.88. The molecule has 1 fully saturated rings. The van der Waals surface area contributed by atoms with E-state index in [0.717, 1.165) is 12.3 Å². The molecule has 0 aliphatic carbocycles. The number of hydrogen-bond acceptors (Lipinski definition) is 5. The number of aromatic carboxylic acids is 1. The standard InChI is InChI=1S/C17H19F2N3O4/c1-2-21-8-11(17(24)25)16(23)10-5-12(18)15(13(19)14(10)21)22-3-4-26-9(6-20)7-22/h5,8-9H,2-4,6-7,20H2,1H3,(H,24,25). The molecule has 1 saturated heterocycles. The molecule has 1 unspecified atom stereocenters. The highest BCUT2D eigenvalue weighted by atomic mass is 19.1. The van der Waals surface area contributed by atoms with Crippen LogP contribution in [0.25, 0.3) is 10.9 Å². The number of nitrogens with zero attached hydrogens (tertiary/aromatic N) is 2. The van der Waals surface area contributed by atoms with Crippen molar-refractivity contribution in [2.45, 2.75) is 19.6 Å². The number of hydrogen-bond donors (Lipinski definition) is 2. The van der Waals surface area contributed by atoms with E-state index >= 15 is 4.39 Å². The van der Waals surface area contributed by atoms with E-state index in [4.69, 9.17) is 15.6 Å². The second kappa shape index (κ2) is 7.00. The number of carboxylic acid groups (broad SMARTS) is 1. The van der Waals surface area contributed by atoms with Gasteiger partial charge in [0.25, 0.3) is 0 Å². The first-order valence-corrected chi connectivity index (χ1v) is 8.24. The van der Waals surface area contributed by atoms with E-state index in [1.54, 1.807) is 6.92 Å². The molecule has 26 heavy (non-hydrogen) atoms. The molecule has 1 aliphatic rings. The Morgan fingerprint density at radius 2 is 2.19 bits per heavy atom. The lowest BCUT2D eigenvalue weighted by atomic mass is 10.1. The molecule has 0 spiro atoms. The maximum absolute atomic E-state index is 15.2. The highest BCUT2D eigenvalue weighted by molar-refractivity contribution is 5.93. The van der Waals surface area contributed by atoms with Crippen LogP contribution in [0.4, 0.5) is 14.5 Å². The summed E-state index contributed by atoms with van der Waals surface area (Å²) in [7, 11) is 0. The number of aryl methyl sites for hydroxylation is 1. The van der Waals surface area contributed by atoms with Crippen LogP contribution in [0.5, 0.6) is 0 Å². The van der Waals surface area contributed by atoms with Crippen molar-refractivity contribution in [2.75, 3.05) is 31.1 Å². The van der Waals surface area contributed by atoms with Crippen LogP contribution in [0.15, 0.2) is 17.1 Å². The quantitative estimate of drug-likeness (QED) is 0.842. The molecule has 2 heterocycles. The molecule has 3 rings (SSSR count). The van der Waals surface area contributed by atoms with Crippen LogP contribution in [-0.4, -0.2) is 48.0 Å². The van der Waals surface area contributed by atoms with Gasteiger partial charge in [-0.3, -0.25) is 4.79 Å². The molecule has 9 heteroatoms. The van der Waals surface area contributed by atoms with Crippen LogP contribution < -0.4 is 16.1 Å². The van der Waals surface area contributed by atoms with Gasteiger partial charge in [-0.2, -0.15) is 0 Å². The third-order valence-corrected chi connectivity index (χ3v) is 4.52. The molecular formula is C17H19F2N3O4. The molecule has 7 nitrogen and oxygen atoms in total. The third kappa shape index (κ3) is 2.93. The van der Waals surface area contributed by atoms with Gasteiger partial charge in [-0.15, -0.1) is 0 Å². The number of halogens is 2. The SMILES string of the molecule is CCn1cc(C(=O)O)c(=O)c2cc(F)c(N3CCOC(CN)C3)c(F)c21. The fourth-order valence-electron chi connectivity index (χ4n) is 3.23. The summed E-state index contributed by atoms with van der Waals surface area (Å²) in [4.78, 5) is 25.1. The zero-order valence-electron chi connectivity index (χ0n) is 14.2. The van der Waals surface area contributed by atoms with Crippen LogP contribution in [0.3, 0.4) is 0 Å². The number of ether oxygens (including phenoxy) is 1. The van der Waals surface area contributed by atoms with Crippen LogP contribution in [0.1, 0.15) is 17.3 Å². The van der Waals surface area contributed by atoms with Crippen molar-refractivity contribution in [2.24, 2.45) is 5.73 Å². The first kappa shape index (κ1) is 18.3. The van der Waals surface area contributed by atoms with E-state index < -0.39 is 28.6 Å². The molecule has 3 N–H and O–H groups in total. The molecular weight excluding hydrogens is 348 g/mol. The Kier molecular flexibility index (Phi) is 4.92. The molecule has 0 amide bonds. The average Bonchev–Trinajstić information content (AvgIpc) is 2.62. The topological polar surface area (TPSA) is 97.8 Å². The lowest BCUT2D eigenvalue weighted by Gasteiger charge is -2.34. The smallest absolute Gasteiger partial charge is 0.341 e. The van der Waals surface area contributed by atoms with E-state index in [2.05, 4.69) is 0 Å². The fourth-order valence-corrected chi connectivity index (χ4v) is 3.23. The summed E-state index contributed by atoms with van der Waals surface area (Å²) >= 11 is 0. The van der Waals surface area contributed by atoms with Gasteiger partial charge in [0.05, 0.1) is 23.6 Å². The highest BCUT2D eigenvalue weighted by Crippen LogP contribution is 2.31. The molecule has 0 saturated carbocycles. The van der Waals surface area contributed by atoms with E-state index in [-0.39, 0.29) is 55.5 Å². The zero-order valence-corrected chi connectivity index (χ0v) is 14.2. The number of carbonyl (C=O) groups is 1. The summed E-state index contributed by atoms with van der Waals surface area (Å²) in [5, 5.41) is 8.87. The third-order valence-electron chi connectivity index (χ3n) is 4.52. The van der Waals surface area contributed by atoms with Crippen molar-refractivity contribution in [3.05, 3.63) is 39.7 Å². The lowest BCUT2D eigenvalue weighted by Crippen LogP contribution is -2.46. The van der Waals surface area contributed by atoms with E-state index in [9.17, 15) is 14.0 Å². The van der Waals surface area contributed by atoms with Gasteiger partial charge >= 0.3 is 5.97 Å². The van der Waals surface area contributed by atoms with Crippen molar-refractivity contribution in [3.8, 4) is 0 Å². The number of carboxylic acids is 1. The van der Waals surface area contributed by atoms with Gasteiger partial charge in [-0.25, -0.2) is 13.6 Å². The number of morpholine rings is 1. The highest BCUT2D eigenvalue weighted by Gasteiger charge is 2.28. The second-order valence-electron chi connectivity index (χ2n) is 6.05. The number of anilines is 1. The summed E-state index contributed by atoms with van der Waals surface area (Å²) in [5.74, 6) is -3.26. The van der Waals surface area contributed by atoms with Crippen LogP contribution >= 0.6 is 0 Å². The lowest BCUT2D eigenvalue weighted by molar-refractivity contribution is 0.0461. The first-order chi connectivity index (χ1) is 12.4. The molecule has 0 radical (unpaired) electrons. The van der Waals surface area contributed by atoms with Gasteiger partial charge in [0.2, 0.25) is 5.43 Å². The maximum atomic E-state index is 15.2. The maximum Gasteiger partial charge on any atom is 0.341 e. The molecule has 140 valence electrons. The Morgan fingerprint density at radius 1 is 1.46 bits per heavy atom.